The van der Waals surface area contributed by atoms with Crippen molar-refractivity contribution in [1.82, 2.24) is 4.72 Å². The first-order valence-corrected chi connectivity index (χ1v) is 8.05. The monoisotopic (exact) mass is 301 g/mol. The molecule has 0 unspecified atom stereocenters. The summed E-state index contributed by atoms with van der Waals surface area (Å²) in [5, 5.41) is 1.69. The molecule has 2 heterocycles. The maximum atomic E-state index is 12.2. The molecule has 0 aromatic carbocycles. The fourth-order valence-electron chi connectivity index (χ4n) is 1.72. The number of ether oxygens (including phenoxy) is 1. The average molecular weight is 301 g/mol. The van der Waals surface area contributed by atoms with Crippen LogP contribution in [0.5, 0.6) is 5.75 Å². The van der Waals surface area contributed by atoms with Crippen LogP contribution in [-0.4, -0.2) is 21.6 Å². The van der Waals surface area contributed by atoms with Gasteiger partial charge in [0.25, 0.3) is 10.0 Å². The van der Waals surface area contributed by atoms with Gasteiger partial charge in [-0.3, -0.25) is 0 Å². The molecule has 0 aliphatic carbocycles. The third-order valence-electron chi connectivity index (χ3n) is 2.50. The van der Waals surface area contributed by atoms with Crippen LogP contribution in [0.4, 0.5) is 0 Å². The molecule has 2 rings (SSSR count). The normalized spacial score (nSPS) is 13.4. The molecule has 0 aliphatic rings. The van der Waals surface area contributed by atoms with E-state index in [9.17, 15) is 8.42 Å². The fourth-order valence-corrected chi connectivity index (χ4v) is 4.26. The van der Waals surface area contributed by atoms with Crippen LogP contribution in [0.1, 0.15) is 12.7 Å². The molecule has 0 aliphatic heterocycles. The van der Waals surface area contributed by atoms with Crippen molar-refractivity contribution in [2.45, 2.75) is 23.6 Å². The fraction of sp³-hybridized carbons (Fsp3) is 0.333. The number of thiophene rings is 1. The number of sulfonamides is 1. The Morgan fingerprint density at radius 1 is 1.47 bits per heavy atom. The molecule has 1 atom stereocenters. The molecule has 1 N–H and O–H groups in total. The molecule has 0 amide bonds. The molecular weight excluding hydrogens is 286 g/mol. The van der Waals surface area contributed by atoms with E-state index in [1.54, 1.807) is 30.7 Å². The molecule has 0 fully saturated rings. The van der Waals surface area contributed by atoms with E-state index < -0.39 is 10.0 Å². The lowest BCUT2D eigenvalue weighted by atomic mass is 10.2. The van der Waals surface area contributed by atoms with E-state index in [0.717, 1.165) is 17.1 Å². The first kappa shape index (κ1) is 14.1. The van der Waals surface area contributed by atoms with Crippen molar-refractivity contribution in [1.29, 1.82) is 0 Å². The molecule has 0 radical (unpaired) electrons. The number of hydrogen-bond donors (Lipinski definition) is 1. The van der Waals surface area contributed by atoms with Gasteiger partial charge in [-0.25, -0.2) is 13.1 Å². The van der Waals surface area contributed by atoms with Gasteiger partial charge < -0.3 is 9.15 Å². The standard InChI is InChI=1S/C12H15NO4S2/c1-9(8-10-4-3-6-17-10)13-19(14,15)12-11(16-2)5-7-18-12/h3-7,9,13H,8H2,1-2H3/t9-/m0/s1. The van der Waals surface area contributed by atoms with Crippen molar-refractivity contribution >= 4 is 21.4 Å². The van der Waals surface area contributed by atoms with Crippen LogP contribution in [0.15, 0.2) is 38.5 Å². The number of methoxy groups -OCH3 is 1. The summed E-state index contributed by atoms with van der Waals surface area (Å²) < 4.78 is 37.4. The quantitative estimate of drug-likeness (QED) is 0.888. The first-order chi connectivity index (χ1) is 9.03. The molecule has 2 aromatic heterocycles. The van der Waals surface area contributed by atoms with Crippen molar-refractivity contribution in [3.05, 3.63) is 35.6 Å². The van der Waals surface area contributed by atoms with Gasteiger partial charge in [-0.05, 0) is 30.5 Å². The summed E-state index contributed by atoms with van der Waals surface area (Å²) in [6.07, 6.45) is 2.07. The first-order valence-electron chi connectivity index (χ1n) is 5.69. The van der Waals surface area contributed by atoms with Crippen molar-refractivity contribution in [3.63, 3.8) is 0 Å². The lowest BCUT2D eigenvalue weighted by Gasteiger charge is -2.12. The zero-order chi connectivity index (χ0) is 13.9. The van der Waals surface area contributed by atoms with Gasteiger partial charge in [0.1, 0.15) is 11.5 Å². The van der Waals surface area contributed by atoms with E-state index in [0.29, 0.717) is 12.2 Å². The van der Waals surface area contributed by atoms with Crippen molar-refractivity contribution in [3.8, 4) is 5.75 Å². The summed E-state index contributed by atoms with van der Waals surface area (Å²) in [4.78, 5) is 0. The number of furan rings is 1. The second kappa shape index (κ2) is 5.77. The van der Waals surface area contributed by atoms with Crippen LogP contribution >= 0.6 is 11.3 Å². The van der Waals surface area contributed by atoms with Gasteiger partial charge in [0.05, 0.1) is 13.4 Å². The Bertz CT molecular complexity index is 616. The third kappa shape index (κ3) is 3.37. The number of rotatable bonds is 6. The number of nitrogens with one attached hydrogen (secondary N) is 1. The highest BCUT2D eigenvalue weighted by atomic mass is 32.2. The number of hydrogen-bond acceptors (Lipinski definition) is 5. The Hall–Kier alpha value is -1.31. The molecule has 5 nitrogen and oxygen atoms in total. The van der Waals surface area contributed by atoms with Gasteiger partial charge in [-0.2, -0.15) is 0 Å². The van der Waals surface area contributed by atoms with E-state index in [1.165, 1.54) is 7.11 Å². The molecular formula is C12H15NO4S2. The Kier molecular flexibility index (Phi) is 4.28. The zero-order valence-corrected chi connectivity index (χ0v) is 12.3. The lowest BCUT2D eigenvalue weighted by Crippen LogP contribution is -2.33. The minimum Gasteiger partial charge on any atom is -0.494 e. The Morgan fingerprint density at radius 3 is 2.89 bits per heavy atom. The van der Waals surface area contributed by atoms with Gasteiger partial charge >= 0.3 is 0 Å². The minimum atomic E-state index is -3.56. The van der Waals surface area contributed by atoms with E-state index in [2.05, 4.69) is 4.72 Å². The summed E-state index contributed by atoms with van der Waals surface area (Å²) in [5.41, 5.74) is 0. The minimum absolute atomic E-state index is 0.196. The highest BCUT2D eigenvalue weighted by molar-refractivity contribution is 7.91. The second-order valence-electron chi connectivity index (χ2n) is 4.08. The average Bonchev–Trinajstić information content (AvgIpc) is 2.97. The smallest absolute Gasteiger partial charge is 0.254 e. The van der Waals surface area contributed by atoms with Gasteiger partial charge in [-0.15, -0.1) is 11.3 Å². The summed E-state index contributed by atoms with van der Waals surface area (Å²) in [5.74, 6) is 1.11. The van der Waals surface area contributed by atoms with Gasteiger partial charge in [0.15, 0.2) is 4.21 Å². The van der Waals surface area contributed by atoms with Crippen LogP contribution in [0.2, 0.25) is 0 Å². The molecule has 19 heavy (non-hydrogen) atoms. The van der Waals surface area contributed by atoms with Crippen LogP contribution in [-0.2, 0) is 16.4 Å². The third-order valence-corrected chi connectivity index (χ3v) is 5.54. The Labute approximate surface area is 116 Å². The largest absolute Gasteiger partial charge is 0.494 e. The van der Waals surface area contributed by atoms with E-state index in [1.807, 2.05) is 6.07 Å². The highest BCUT2D eigenvalue weighted by Crippen LogP contribution is 2.29. The predicted molar refractivity (Wildman–Crippen MR) is 73.1 cm³/mol. The van der Waals surface area contributed by atoms with E-state index >= 15 is 0 Å². The Morgan fingerprint density at radius 2 is 2.26 bits per heavy atom. The maximum absolute atomic E-state index is 12.2. The lowest BCUT2D eigenvalue weighted by molar-refractivity contribution is 0.406. The van der Waals surface area contributed by atoms with E-state index in [4.69, 9.17) is 9.15 Å². The maximum Gasteiger partial charge on any atom is 0.254 e. The molecule has 0 spiro atoms. The zero-order valence-electron chi connectivity index (χ0n) is 10.6. The molecule has 0 saturated heterocycles. The van der Waals surface area contributed by atoms with Crippen molar-refractivity contribution in [2.75, 3.05) is 7.11 Å². The molecule has 0 bridgehead atoms. The second-order valence-corrected chi connectivity index (χ2v) is 6.91. The van der Waals surface area contributed by atoms with Gasteiger partial charge in [0.2, 0.25) is 0 Å². The summed E-state index contributed by atoms with van der Waals surface area (Å²) >= 11 is 1.13. The SMILES string of the molecule is COc1ccsc1S(=O)(=O)N[C@@H](C)Cc1ccco1. The van der Waals surface area contributed by atoms with Crippen molar-refractivity contribution in [2.24, 2.45) is 0 Å². The van der Waals surface area contributed by atoms with E-state index in [-0.39, 0.29) is 10.3 Å². The molecule has 0 saturated carbocycles. The van der Waals surface area contributed by atoms with Gasteiger partial charge in [-0.1, -0.05) is 0 Å². The summed E-state index contributed by atoms with van der Waals surface area (Å²) in [6.45, 7) is 1.79. The summed E-state index contributed by atoms with van der Waals surface area (Å²) in [7, 11) is -2.11. The van der Waals surface area contributed by atoms with Crippen molar-refractivity contribution < 1.29 is 17.6 Å². The summed E-state index contributed by atoms with van der Waals surface area (Å²) in [6, 6.07) is 4.97. The van der Waals surface area contributed by atoms with Crippen LogP contribution in [0.3, 0.4) is 0 Å². The Balaban J connectivity index is 2.09. The predicted octanol–water partition coefficient (Wildman–Crippen LogP) is 2.26. The highest BCUT2D eigenvalue weighted by Gasteiger charge is 2.23. The molecule has 7 heteroatoms. The van der Waals surface area contributed by atoms with Crippen LogP contribution in [0, 0.1) is 0 Å². The van der Waals surface area contributed by atoms with Crippen LogP contribution < -0.4 is 9.46 Å². The molecule has 104 valence electrons. The van der Waals surface area contributed by atoms with Gasteiger partial charge in [0, 0.05) is 12.5 Å². The topological polar surface area (TPSA) is 68.5 Å². The molecule has 2 aromatic rings. The van der Waals surface area contributed by atoms with Crippen LogP contribution in [0.25, 0.3) is 0 Å².